The minimum Gasteiger partial charge on any atom is -0.378 e. The molecular formula is C13H23NO. The molecule has 0 aromatic carbocycles. The average molecular weight is 209 g/mol. The predicted molar refractivity (Wildman–Crippen MR) is 63.7 cm³/mol. The van der Waals surface area contributed by atoms with Crippen molar-refractivity contribution in [3.63, 3.8) is 0 Å². The summed E-state index contributed by atoms with van der Waals surface area (Å²) < 4.78 is 5.79. The lowest BCUT2D eigenvalue weighted by atomic mass is 9.93. The highest BCUT2D eigenvalue weighted by molar-refractivity contribution is 4.83. The largest absolute Gasteiger partial charge is 0.378 e. The lowest BCUT2D eigenvalue weighted by Gasteiger charge is -2.28. The molecule has 0 spiro atoms. The topological polar surface area (TPSA) is 21.3 Å². The van der Waals surface area contributed by atoms with Crippen LogP contribution >= 0.6 is 0 Å². The van der Waals surface area contributed by atoms with Gasteiger partial charge in [0.15, 0.2) is 0 Å². The van der Waals surface area contributed by atoms with E-state index in [4.69, 9.17) is 11.2 Å². The molecule has 0 bridgehead atoms. The van der Waals surface area contributed by atoms with Crippen LogP contribution in [0.2, 0.25) is 0 Å². The van der Waals surface area contributed by atoms with Crippen LogP contribution in [0.5, 0.6) is 0 Å². The van der Waals surface area contributed by atoms with E-state index in [9.17, 15) is 0 Å². The van der Waals surface area contributed by atoms with Gasteiger partial charge in [0.25, 0.3) is 0 Å². The Morgan fingerprint density at radius 3 is 2.67 bits per heavy atom. The number of rotatable bonds is 6. The van der Waals surface area contributed by atoms with Crippen molar-refractivity contribution >= 4 is 0 Å². The molecule has 1 aliphatic rings. The van der Waals surface area contributed by atoms with E-state index >= 15 is 0 Å². The molecule has 15 heavy (non-hydrogen) atoms. The van der Waals surface area contributed by atoms with Gasteiger partial charge in [0.1, 0.15) is 0 Å². The van der Waals surface area contributed by atoms with Crippen molar-refractivity contribution < 1.29 is 4.74 Å². The Morgan fingerprint density at radius 2 is 2.07 bits per heavy atom. The molecule has 1 aliphatic carbocycles. The van der Waals surface area contributed by atoms with E-state index < -0.39 is 0 Å². The lowest BCUT2D eigenvalue weighted by molar-refractivity contribution is 0.0219. The van der Waals surface area contributed by atoms with Crippen molar-refractivity contribution in [2.75, 3.05) is 13.2 Å². The van der Waals surface area contributed by atoms with E-state index in [0.717, 1.165) is 32.0 Å². The predicted octanol–water partition coefficient (Wildman–Crippen LogP) is 2.34. The fourth-order valence-corrected chi connectivity index (χ4v) is 2.15. The van der Waals surface area contributed by atoms with Crippen molar-refractivity contribution in [1.82, 2.24) is 5.32 Å². The third kappa shape index (κ3) is 5.20. The third-order valence-electron chi connectivity index (χ3n) is 2.99. The van der Waals surface area contributed by atoms with Crippen LogP contribution in [0, 0.1) is 12.3 Å². The molecule has 0 saturated heterocycles. The van der Waals surface area contributed by atoms with Crippen LogP contribution in [-0.2, 0) is 4.74 Å². The first-order valence-corrected chi connectivity index (χ1v) is 6.15. The second-order valence-electron chi connectivity index (χ2n) is 4.21. The van der Waals surface area contributed by atoms with E-state index in [2.05, 4.69) is 18.2 Å². The van der Waals surface area contributed by atoms with Crippen molar-refractivity contribution in [2.24, 2.45) is 0 Å². The summed E-state index contributed by atoms with van der Waals surface area (Å²) in [4.78, 5) is 0. The third-order valence-corrected chi connectivity index (χ3v) is 2.99. The number of terminal acetylenes is 1. The minimum atomic E-state index is 0.484. The number of hydrogen-bond acceptors (Lipinski definition) is 2. The average Bonchev–Trinajstić information content (AvgIpc) is 2.27. The zero-order valence-electron chi connectivity index (χ0n) is 9.80. The van der Waals surface area contributed by atoms with Gasteiger partial charge in [-0.25, -0.2) is 0 Å². The molecule has 2 nitrogen and oxygen atoms in total. The monoisotopic (exact) mass is 209 g/mol. The molecule has 1 N–H and O–H groups in total. The van der Waals surface area contributed by atoms with Gasteiger partial charge >= 0.3 is 0 Å². The summed E-state index contributed by atoms with van der Waals surface area (Å²) in [5.41, 5.74) is 0. The Bertz CT molecular complexity index is 189. The quantitative estimate of drug-likeness (QED) is 0.535. The highest BCUT2D eigenvalue weighted by Crippen LogP contribution is 2.21. The number of unbranched alkanes of at least 4 members (excludes halogenated alkanes) is 1. The van der Waals surface area contributed by atoms with E-state index in [1.807, 2.05) is 0 Å². The van der Waals surface area contributed by atoms with Crippen LogP contribution in [0.3, 0.4) is 0 Å². The van der Waals surface area contributed by atoms with E-state index in [1.54, 1.807) is 0 Å². The van der Waals surface area contributed by atoms with Gasteiger partial charge in [0.2, 0.25) is 0 Å². The molecule has 0 atom stereocenters. The molecule has 0 amide bonds. The molecule has 2 heteroatoms. The highest BCUT2D eigenvalue weighted by Gasteiger charge is 2.20. The Kier molecular flexibility index (Phi) is 6.47. The molecule has 86 valence electrons. The molecular weight excluding hydrogens is 186 g/mol. The summed E-state index contributed by atoms with van der Waals surface area (Å²) in [5, 5.41) is 3.50. The maximum atomic E-state index is 5.79. The first kappa shape index (κ1) is 12.5. The van der Waals surface area contributed by atoms with Crippen molar-refractivity contribution in [1.29, 1.82) is 0 Å². The highest BCUT2D eigenvalue weighted by atomic mass is 16.5. The Morgan fingerprint density at radius 1 is 1.33 bits per heavy atom. The number of nitrogens with one attached hydrogen (secondary N) is 1. The van der Waals surface area contributed by atoms with Gasteiger partial charge in [-0.3, -0.25) is 0 Å². The smallest absolute Gasteiger partial charge is 0.0576 e. The molecule has 1 rings (SSSR count). The van der Waals surface area contributed by atoms with Gasteiger partial charge in [0, 0.05) is 19.1 Å². The molecule has 0 aliphatic heterocycles. The molecule has 1 saturated carbocycles. The number of ether oxygens (including phenoxy) is 1. The zero-order valence-corrected chi connectivity index (χ0v) is 9.80. The summed E-state index contributed by atoms with van der Waals surface area (Å²) in [6.45, 7) is 4.08. The van der Waals surface area contributed by atoms with Gasteiger partial charge in [-0.15, -0.1) is 12.3 Å². The van der Waals surface area contributed by atoms with Crippen molar-refractivity contribution in [3.8, 4) is 12.3 Å². The fraction of sp³-hybridized carbons (Fsp3) is 0.846. The van der Waals surface area contributed by atoms with Crippen LogP contribution in [0.4, 0.5) is 0 Å². The first-order chi connectivity index (χ1) is 7.36. The lowest BCUT2D eigenvalue weighted by Crippen LogP contribution is -2.35. The van der Waals surface area contributed by atoms with Crippen molar-refractivity contribution in [3.05, 3.63) is 0 Å². The van der Waals surface area contributed by atoms with Gasteiger partial charge < -0.3 is 10.1 Å². The molecule has 0 aromatic rings. The Labute approximate surface area is 93.8 Å². The minimum absolute atomic E-state index is 0.484. The van der Waals surface area contributed by atoms with Gasteiger partial charge in [-0.1, -0.05) is 6.92 Å². The summed E-state index contributed by atoms with van der Waals surface area (Å²) >= 11 is 0. The van der Waals surface area contributed by atoms with Crippen LogP contribution in [0.15, 0.2) is 0 Å². The second kappa shape index (κ2) is 7.73. The van der Waals surface area contributed by atoms with E-state index in [-0.39, 0.29) is 0 Å². The van der Waals surface area contributed by atoms with Crippen LogP contribution < -0.4 is 5.32 Å². The zero-order chi connectivity index (χ0) is 10.9. The molecule has 0 radical (unpaired) electrons. The normalized spacial score (nSPS) is 26.1. The fourth-order valence-electron chi connectivity index (χ4n) is 2.15. The van der Waals surface area contributed by atoms with Gasteiger partial charge in [-0.05, 0) is 38.6 Å². The second-order valence-corrected chi connectivity index (χ2v) is 4.21. The maximum absolute atomic E-state index is 5.79. The SMILES string of the molecule is C#CCCCOC1CCC(NCC)CC1. The van der Waals surface area contributed by atoms with Crippen LogP contribution in [0.1, 0.15) is 45.4 Å². The molecule has 0 unspecified atom stereocenters. The standard InChI is InChI=1S/C13H23NO/c1-3-5-6-11-15-13-9-7-12(8-10-13)14-4-2/h1,12-14H,4-11H2,2H3. The summed E-state index contributed by atoms with van der Waals surface area (Å²) in [5.74, 6) is 2.64. The first-order valence-electron chi connectivity index (χ1n) is 6.15. The Balaban J connectivity index is 2.02. The number of hydrogen-bond donors (Lipinski definition) is 1. The molecule has 0 aromatic heterocycles. The van der Waals surface area contributed by atoms with E-state index in [0.29, 0.717) is 6.10 Å². The summed E-state index contributed by atoms with van der Waals surface area (Å²) in [6, 6.07) is 0.723. The van der Waals surface area contributed by atoms with Crippen molar-refractivity contribution in [2.45, 2.75) is 57.6 Å². The molecule has 0 heterocycles. The molecule has 1 fully saturated rings. The summed E-state index contributed by atoms with van der Waals surface area (Å²) in [6.07, 6.45) is 12.4. The van der Waals surface area contributed by atoms with Gasteiger partial charge in [-0.2, -0.15) is 0 Å². The van der Waals surface area contributed by atoms with E-state index in [1.165, 1.54) is 25.7 Å². The maximum Gasteiger partial charge on any atom is 0.0576 e. The summed E-state index contributed by atoms with van der Waals surface area (Å²) in [7, 11) is 0. The van der Waals surface area contributed by atoms with Crippen LogP contribution in [-0.4, -0.2) is 25.3 Å². The Hall–Kier alpha value is -0.520. The van der Waals surface area contributed by atoms with Crippen LogP contribution in [0.25, 0.3) is 0 Å². The van der Waals surface area contributed by atoms with Gasteiger partial charge in [0.05, 0.1) is 6.10 Å².